The number of hydrogen-bond acceptors (Lipinski definition) is 5. The maximum absolute atomic E-state index is 12.7. The zero-order valence-corrected chi connectivity index (χ0v) is 17.1. The Balaban J connectivity index is 1.24. The quantitative estimate of drug-likeness (QED) is 0.581. The molecule has 3 atom stereocenters. The standard InChI is InChI=1S/C20H26N4O4S/c25-18-17-16(24(18)29)9-12-23(17)19(26)21-15-7-4-10-22(11-8-15)20(27)28-13-14-5-2-1-3-6-14/h1-3,5-6,15-17,29H,4,7-13H2,(H,21,26)/t15-,16-,17+/m1/s1. The van der Waals surface area contributed by atoms with Crippen molar-refractivity contribution in [1.82, 2.24) is 19.4 Å². The summed E-state index contributed by atoms with van der Waals surface area (Å²) in [5, 5.41) is 3.05. The third-order valence-corrected chi connectivity index (χ3v) is 6.43. The van der Waals surface area contributed by atoms with Crippen LogP contribution in [0.25, 0.3) is 0 Å². The van der Waals surface area contributed by atoms with Crippen molar-refractivity contribution in [2.75, 3.05) is 19.6 Å². The van der Waals surface area contributed by atoms with Crippen LogP contribution < -0.4 is 5.32 Å². The Morgan fingerprint density at radius 3 is 2.69 bits per heavy atom. The van der Waals surface area contributed by atoms with Crippen molar-refractivity contribution < 1.29 is 19.1 Å². The van der Waals surface area contributed by atoms with Gasteiger partial charge >= 0.3 is 12.1 Å². The van der Waals surface area contributed by atoms with Crippen LogP contribution in [0.5, 0.6) is 0 Å². The van der Waals surface area contributed by atoms with E-state index in [1.165, 1.54) is 4.31 Å². The molecule has 0 aliphatic carbocycles. The minimum atomic E-state index is -0.372. The van der Waals surface area contributed by atoms with Crippen LogP contribution in [0.15, 0.2) is 30.3 Å². The van der Waals surface area contributed by atoms with Gasteiger partial charge in [-0.25, -0.2) is 9.59 Å². The molecule has 0 spiro atoms. The lowest BCUT2D eigenvalue weighted by Crippen LogP contribution is -2.64. The Morgan fingerprint density at radius 1 is 1.10 bits per heavy atom. The topological polar surface area (TPSA) is 82.2 Å². The van der Waals surface area contributed by atoms with Crippen LogP contribution in [-0.4, -0.2) is 69.9 Å². The average molecular weight is 419 g/mol. The number of thiol groups is 1. The first kappa shape index (κ1) is 19.9. The average Bonchev–Trinajstić information content (AvgIpc) is 3.01. The largest absolute Gasteiger partial charge is 0.445 e. The smallest absolute Gasteiger partial charge is 0.410 e. The van der Waals surface area contributed by atoms with Gasteiger partial charge in [0.05, 0.1) is 6.04 Å². The molecule has 0 saturated carbocycles. The molecule has 3 saturated heterocycles. The van der Waals surface area contributed by atoms with Gasteiger partial charge in [-0.15, -0.1) is 0 Å². The number of nitrogens with zero attached hydrogens (tertiary/aromatic N) is 3. The number of benzene rings is 1. The molecule has 3 fully saturated rings. The molecule has 3 aliphatic heterocycles. The van der Waals surface area contributed by atoms with E-state index in [1.54, 1.807) is 9.80 Å². The van der Waals surface area contributed by atoms with E-state index in [2.05, 4.69) is 18.1 Å². The molecule has 9 heteroatoms. The lowest BCUT2D eigenvalue weighted by molar-refractivity contribution is -0.142. The molecule has 4 rings (SSSR count). The molecule has 1 aromatic rings. The second-order valence-electron chi connectivity index (χ2n) is 7.78. The maximum atomic E-state index is 12.7. The number of β-lactam (4-membered cyclic amide) rings is 1. The van der Waals surface area contributed by atoms with Crippen molar-refractivity contribution in [3.8, 4) is 0 Å². The molecule has 8 nitrogen and oxygen atoms in total. The number of fused-ring (bicyclic) bond motifs is 1. The van der Waals surface area contributed by atoms with Gasteiger partial charge < -0.3 is 19.9 Å². The minimum Gasteiger partial charge on any atom is -0.445 e. The first-order valence-corrected chi connectivity index (χ1v) is 10.5. The maximum Gasteiger partial charge on any atom is 0.410 e. The van der Waals surface area contributed by atoms with Gasteiger partial charge in [0.15, 0.2) is 0 Å². The number of carbonyl (C=O) groups excluding carboxylic acids is 3. The summed E-state index contributed by atoms with van der Waals surface area (Å²) in [5.74, 6) is -0.112. The SMILES string of the molecule is O=C(OCc1ccccc1)N1CCC[C@@H](NC(=O)N2CC[C@@H]3[C@H]2C(=O)N3S)CC1. The van der Waals surface area contributed by atoms with E-state index in [4.69, 9.17) is 4.74 Å². The van der Waals surface area contributed by atoms with Crippen molar-refractivity contribution in [1.29, 1.82) is 0 Å². The van der Waals surface area contributed by atoms with Gasteiger partial charge in [-0.2, -0.15) is 0 Å². The van der Waals surface area contributed by atoms with Crippen molar-refractivity contribution in [3.63, 3.8) is 0 Å². The van der Waals surface area contributed by atoms with Crippen LogP contribution in [0.1, 0.15) is 31.2 Å². The van der Waals surface area contributed by atoms with E-state index in [0.29, 0.717) is 26.1 Å². The summed E-state index contributed by atoms with van der Waals surface area (Å²) >= 11 is 4.15. The van der Waals surface area contributed by atoms with Crippen LogP contribution in [0.2, 0.25) is 0 Å². The number of urea groups is 1. The van der Waals surface area contributed by atoms with E-state index in [-0.39, 0.29) is 42.8 Å². The highest BCUT2D eigenvalue weighted by molar-refractivity contribution is 7.78. The molecule has 3 aliphatic rings. The van der Waals surface area contributed by atoms with Gasteiger partial charge in [0, 0.05) is 25.7 Å². The molecule has 1 N–H and O–H groups in total. The highest BCUT2D eigenvalue weighted by Gasteiger charge is 2.54. The molecular weight excluding hydrogens is 392 g/mol. The Kier molecular flexibility index (Phi) is 5.84. The van der Waals surface area contributed by atoms with Crippen molar-refractivity contribution in [3.05, 3.63) is 35.9 Å². The summed E-state index contributed by atoms with van der Waals surface area (Å²) in [4.78, 5) is 40.3. The second-order valence-corrected chi connectivity index (χ2v) is 8.21. The molecule has 0 radical (unpaired) electrons. The molecular formula is C20H26N4O4S. The van der Waals surface area contributed by atoms with E-state index >= 15 is 0 Å². The number of carbonyl (C=O) groups is 3. The normalized spacial score (nSPS) is 26.4. The van der Waals surface area contributed by atoms with Crippen LogP contribution >= 0.6 is 12.8 Å². The Hall–Kier alpha value is -2.42. The fourth-order valence-electron chi connectivity index (χ4n) is 4.27. The summed E-state index contributed by atoms with van der Waals surface area (Å²) in [6.45, 7) is 1.97. The monoisotopic (exact) mass is 418 g/mol. The first-order valence-electron chi connectivity index (χ1n) is 10.1. The fraction of sp³-hybridized carbons (Fsp3) is 0.550. The van der Waals surface area contributed by atoms with Gasteiger partial charge in [-0.3, -0.25) is 9.10 Å². The van der Waals surface area contributed by atoms with Gasteiger partial charge in [0.1, 0.15) is 12.6 Å². The minimum absolute atomic E-state index is 0.0178. The molecule has 0 unspecified atom stereocenters. The zero-order chi connectivity index (χ0) is 20.4. The molecule has 0 aromatic heterocycles. The van der Waals surface area contributed by atoms with E-state index in [0.717, 1.165) is 24.8 Å². The molecule has 29 heavy (non-hydrogen) atoms. The molecule has 4 amide bonds. The Morgan fingerprint density at radius 2 is 1.90 bits per heavy atom. The number of likely N-dealkylation sites (tertiary alicyclic amines) is 2. The molecule has 0 bridgehead atoms. The van der Waals surface area contributed by atoms with Crippen LogP contribution in [-0.2, 0) is 16.1 Å². The summed E-state index contributed by atoms with van der Waals surface area (Å²) in [7, 11) is 0. The van der Waals surface area contributed by atoms with E-state index in [1.807, 2.05) is 30.3 Å². The van der Waals surface area contributed by atoms with Gasteiger partial charge in [0.25, 0.3) is 5.91 Å². The number of rotatable bonds is 3. The number of hydrogen-bond donors (Lipinski definition) is 2. The van der Waals surface area contributed by atoms with Crippen LogP contribution in [0, 0.1) is 0 Å². The van der Waals surface area contributed by atoms with Crippen molar-refractivity contribution in [2.45, 2.75) is 50.4 Å². The van der Waals surface area contributed by atoms with Gasteiger partial charge in [0.2, 0.25) is 0 Å². The van der Waals surface area contributed by atoms with Crippen LogP contribution in [0.4, 0.5) is 9.59 Å². The second kappa shape index (κ2) is 8.52. The third-order valence-electron chi connectivity index (χ3n) is 5.94. The number of amides is 4. The van der Waals surface area contributed by atoms with Crippen molar-refractivity contribution >= 4 is 30.8 Å². The third kappa shape index (κ3) is 4.14. The summed E-state index contributed by atoms with van der Waals surface area (Å²) in [5.41, 5.74) is 0.954. The van der Waals surface area contributed by atoms with Crippen molar-refractivity contribution in [2.24, 2.45) is 0 Å². The Bertz CT molecular complexity index is 777. The lowest BCUT2D eigenvalue weighted by atomic mass is 10.0. The lowest BCUT2D eigenvalue weighted by Gasteiger charge is -2.42. The van der Waals surface area contributed by atoms with Crippen LogP contribution in [0.3, 0.4) is 0 Å². The first-order chi connectivity index (χ1) is 14.0. The highest BCUT2D eigenvalue weighted by atomic mass is 32.1. The van der Waals surface area contributed by atoms with Gasteiger partial charge in [-0.05, 0) is 31.2 Å². The highest BCUT2D eigenvalue weighted by Crippen LogP contribution is 2.35. The summed E-state index contributed by atoms with van der Waals surface area (Å²) in [6.07, 6.45) is 2.70. The fourth-order valence-corrected chi connectivity index (χ4v) is 4.63. The Labute approximate surface area is 175 Å². The van der Waals surface area contributed by atoms with E-state index < -0.39 is 0 Å². The van der Waals surface area contributed by atoms with E-state index in [9.17, 15) is 14.4 Å². The summed E-state index contributed by atoms with van der Waals surface area (Å²) < 4.78 is 6.84. The predicted molar refractivity (Wildman–Crippen MR) is 109 cm³/mol. The molecule has 1 aromatic carbocycles. The van der Waals surface area contributed by atoms with Gasteiger partial charge in [-0.1, -0.05) is 43.1 Å². The molecule has 156 valence electrons. The molecule has 3 heterocycles. The number of nitrogens with one attached hydrogen (secondary N) is 1. The predicted octanol–water partition coefficient (Wildman–Crippen LogP) is 2.02. The number of ether oxygens (including phenoxy) is 1. The summed E-state index contributed by atoms with van der Waals surface area (Å²) in [6, 6.07) is 9.03. The zero-order valence-electron chi connectivity index (χ0n) is 16.2.